The first-order chi connectivity index (χ1) is 11.4. The summed E-state index contributed by atoms with van der Waals surface area (Å²) < 4.78 is 5.30. The summed E-state index contributed by atoms with van der Waals surface area (Å²) in [6.07, 6.45) is -0.321. The Kier molecular flexibility index (Phi) is 4.18. The minimum atomic E-state index is -0.738. The summed E-state index contributed by atoms with van der Waals surface area (Å²) in [5.74, 6) is -0.592. The molecule has 3 heterocycles. The molecule has 1 atom stereocenters. The largest absolute Gasteiger partial charge is 0.450 e. The van der Waals surface area contributed by atoms with Crippen LogP contribution in [0.25, 0.3) is 10.2 Å². The average molecular weight is 348 g/mol. The molecule has 1 aliphatic rings. The van der Waals surface area contributed by atoms with Gasteiger partial charge in [-0.1, -0.05) is 0 Å². The van der Waals surface area contributed by atoms with Gasteiger partial charge < -0.3 is 9.72 Å². The maximum absolute atomic E-state index is 12.3. The van der Waals surface area contributed by atoms with Gasteiger partial charge in [0, 0.05) is 17.7 Å². The molecule has 2 aromatic rings. The third-order valence-electron chi connectivity index (χ3n) is 3.87. The fraction of sp³-hybridized carbons (Fsp3) is 0.400. The SMILES string of the molecule is Cc1sc2nc([C@H](C)OC(=O)C3=NNC(=O)CC3)[nH]c(=O)c2c1C. The number of aromatic nitrogens is 2. The van der Waals surface area contributed by atoms with E-state index in [4.69, 9.17) is 4.74 Å². The summed E-state index contributed by atoms with van der Waals surface area (Å²) in [4.78, 5) is 44.1. The molecule has 24 heavy (non-hydrogen) atoms. The Morgan fingerprint density at radius 1 is 1.29 bits per heavy atom. The molecule has 0 aromatic carbocycles. The zero-order valence-corrected chi connectivity index (χ0v) is 14.2. The molecule has 9 heteroatoms. The zero-order chi connectivity index (χ0) is 17.4. The van der Waals surface area contributed by atoms with Gasteiger partial charge in [0.25, 0.3) is 5.56 Å². The van der Waals surface area contributed by atoms with Crippen molar-refractivity contribution in [3.8, 4) is 0 Å². The fourth-order valence-corrected chi connectivity index (χ4v) is 3.41. The Labute approximate surface area is 140 Å². The van der Waals surface area contributed by atoms with Gasteiger partial charge in [-0.15, -0.1) is 11.3 Å². The quantitative estimate of drug-likeness (QED) is 0.816. The Hall–Kier alpha value is -2.55. The number of thiophene rings is 1. The van der Waals surface area contributed by atoms with E-state index in [-0.39, 0.29) is 35.8 Å². The third kappa shape index (κ3) is 2.94. The number of hydrogen-bond donors (Lipinski definition) is 2. The van der Waals surface area contributed by atoms with Crippen LogP contribution >= 0.6 is 11.3 Å². The number of nitrogens with one attached hydrogen (secondary N) is 2. The highest BCUT2D eigenvalue weighted by Gasteiger charge is 2.23. The van der Waals surface area contributed by atoms with Gasteiger partial charge in [-0.3, -0.25) is 9.59 Å². The van der Waals surface area contributed by atoms with Crippen molar-refractivity contribution in [2.24, 2.45) is 5.10 Å². The van der Waals surface area contributed by atoms with Gasteiger partial charge in [0.05, 0.1) is 5.39 Å². The molecule has 8 nitrogen and oxygen atoms in total. The first kappa shape index (κ1) is 16.3. The first-order valence-corrected chi connectivity index (χ1v) is 8.24. The highest BCUT2D eigenvalue weighted by Crippen LogP contribution is 2.27. The lowest BCUT2D eigenvalue weighted by molar-refractivity contribution is -0.140. The van der Waals surface area contributed by atoms with Crippen LogP contribution in [0.2, 0.25) is 0 Å². The summed E-state index contributed by atoms with van der Waals surface area (Å²) in [5.41, 5.74) is 3.05. The monoisotopic (exact) mass is 348 g/mol. The second-order valence-electron chi connectivity index (χ2n) is 5.56. The molecule has 0 saturated heterocycles. The number of fused-ring (bicyclic) bond motifs is 1. The van der Waals surface area contributed by atoms with Crippen LogP contribution in [0.4, 0.5) is 0 Å². The van der Waals surface area contributed by atoms with Crippen LogP contribution in [0.5, 0.6) is 0 Å². The van der Waals surface area contributed by atoms with Crippen LogP contribution in [0, 0.1) is 13.8 Å². The van der Waals surface area contributed by atoms with Crippen LogP contribution in [-0.4, -0.2) is 27.6 Å². The van der Waals surface area contributed by atoms with Gasteiger partial charge in [-0.2, -0.15) is 5.10 Å². The van der Waals surface area contributed by atoms with E-state index in [1.165, 1.54) is 11.3 Å². The van der Waals surface area contributed by atoms with Gasteiger partial charge in [0.2, 0.25) is 5.91 Å². The second kappa shape index (κ2) is 6.16. The van der Waals surface area contributed by atoms with Crippen LogP contribution in [-0.2, 0) is 14.3 Å². The number of aryl methyl sites for hydroxylation is 2. The first-order valence-electron chi connectivity index (χ1n) is 7.43. The number of carbonyl (C=O) groups is 2. The maximum Gasteiger partial charge on any atom is 0.355 e. The average Bonchev–Trinajstić information content (AvgIpc) is 2.82. The molecule has 1 aliphatic heterocycles. The molecule has 1 amide bonds. The molecule has 0 radical (unpaired) electrons. The Morgan fingerprint density at radius 2 is 2.04 bits per heavy atom. The molecule has 126 valence electrons. The number of hydrogen-bond acceptors (Lipinski definition) is 7. The van der Waals surface area contributed by atoms with Crippen LogP contribution in [0.15, 0.2) is 9.90 Å². The number of ether oxygens (including phenoxy) is 1. The van der Waals surface area contributed by atoms with E-state index in [2.05, 4.69) is 20.5 Å². The molecule has 2 N–H and O–H groups in total. The number of amides is 1. The third-order valence-corrected chi connectivity index (χ3v) is 4.97. The molecule has 0 saturated carbocycles. The van der Waals surface area contributed by atoms with Crippen molar-refractivity contribution >= 4 is 39.1 Å². The standard InChI is InChI=1S/C15H16N4O4S/c1-6-8(3)24-14-11(6)13(21)16-12(17-14)7(2)23-15(22)9-4-5-10(20)19-18-9/h7H,4-5H2,1-3H3,(H,19,20)(H,16,17,21)/t7-/m0/s1. The van der Waals surface area contributed by atoms with Crippen LogP contribution in [0.1, 0.15) is 42.1 Å². The lowest BCUT2D eigenvalue weighted by Crippen LogP contribution is -2.31. The molecule has 0 fully saturated rings. The second-order valence-corrected chi connectivity index (χ2v) is 6.76. The summed E-state index contributed by atoms with van der Waals surface area (Å²) >= 11 is 1.43. The number of nitrogens with zero attached hydrogens (tertiary/aromatic N) is 2. The molecular weight excluding hydrogens is 332 g/mol. The Morgan fingerprint density at radius 3 is 2.71 bits per heavy atom. The number of rotatable bonds is 3. The summed E-state index contributed by atoms with van der Waals surface area (Å²) in [5, 5.41) is 4.26. The van der Waals surface area contributed by atoms with E-state index in [9.17, 15) is 14.4 Å². The zero-order valence-electron chi connectivity index (χ0n) is 13.4. The van der Waals surface area contributed by atoms with Crippen LogP contribution in [0.3, 0.4) is 0 Å². The number of carbonyl (C=O) groups excluding carboxylic acids is 2. The predicted octanol–water partition coefficient (Wildman–Crippen LogP) is 1.47. The van der Waals surface area contributed by atoms with Crippen molar-refractivity contribution in [3.05, 3.63) is 26.6 Å². The van der Waals surface area contributed by atoms with Crippen molar-refractivity contribution in [2.75, 3.05) is 0 Å². The summed E-state index contributed by atoms with van der Waals surface area (Å²) in [7, 11) is 0. The molecular formula is C15H16N4O4S. The van der Waals surface area contributed by atoms with Gasteiger partial charge in [0.1, 0.15) is 10.5 Å². The van der Waals surface area contributed by atoms with E-state index in [1.54, 1.807) is 6.92 Å². The maximum atomic E-state index is 12.3. The molecule has 3 rings (SSSR count). The van der Waals surface area contributed by atoms with Gasteiger partial charge >= 0.3 is 5.97 Å². The van der Waals surface area contributed by atoms with Gasteiger partial charge in [-0.05, 0) is 26.3 Å². The van der Waals surface area contributed by atoms with E-state index in [0.29, 0.717) is 10.2 Å². The normalized spacial score (nSPS) is 15.8. The minimum absolute atomic E-state index is 0.146. The van der Waals surface area contributed by atoms with Crippen molar-refractivity contribution in [1.29, 1.82) is 0 Å². The molecule has 0 unspecified atom stereocenters. The van der Waals surface area contributed by atoms with E-state index in [1.807, 2.05) is 13.8 Å². The highest BCUT2D eigenvalue weighted by molar-refractivity contribution is 7.18. The fourth-order valence-electron chi connectivity index (χ4n) is 2.37. The minimum Gasteiger partial charge on any atom is -0.450 e. The van der Waals surface area contributed by atoms with E-state index >= 15 is 0 Å². The number of aromatic amines is 1. The predicted molar refractivity (Wildman–Crippen MR) is 89.0 cm³/mol. The smallest absolute Gasteiger partial charge is 0.355 e. The Bertz CT molecular complexity index is 927. The topological polar surface area (TPSA) is 114 Å². The van der Waals surface area contributed by atoms with Crippen molar-refractivity contribution in [2.45, 2.75) is 39.7 Å². The van der Waals surface area contributed by atoms with E-state index < -0.39 is 12.1 Å². The van der Waals surface area contributed by atoms with Crippen molar-refractivity contribution in [1.82, 2.24) is 15.4 Å². The van der Waals surface area contributed by atoms with E-state index in [0.717, 1.165) is 10.4 Å². The van der Waals surface area contributed by atoms with Crippen molar-refractivity contribution < 1.29 is 14.3 Å². The molecule has 0 aliphatic carbocycles. The Balaban J connectivity index is 1.84. The lowest BCUT2D eigenvalue weighted by atomic mass is 10.2. The number of H-pyrrole nitrogens is 1. The summed E-state index contributed by atoms with van der Waals surface area (Å²) in [6.45, 7) is 5.43. The van der Waals surface area contributed by atoms with Crippen molar-refractivity contribution in [3.63, 3.8) is 0 Å². The van der Waals surface area contributed by atoms with Crippen LogP contribution < -0.4 is 11.0 Å². The molecule has 2 aromatic heterocycles. The molecule has 0 bridgehead atoms. The number of hydrazone groups is 1. The number of esters is 1. The highest BCUT2D eigenvalue weighted by atomic mass is 32.1. The van der Waals surface area contributed by atoms with Gasteiger partial charge in [0.15, 0.2) is 11.9 Å². The summed E-state index contributed by atoms with van der Waals surface area (Å²) in [6, 6.07) is 0. The van der Waals surface area contributed by atoms with Gasteiger partial charge in [-0.25, -0.2) is 15.2 Å². The molecule has 0 spiro atoms. The lowest BCUT2D eigenvalue weighted by Gasteiger charge is -2.15.